The lowest BCUT2D eigenvalue weighted by Gasteiger charge is -2.21. The molecule has 0 saturated carbocycles. The molecule has 5 nitrogen and oxygen atoms in total. The van der Waals surface area contributed by atoms with Crippen LogP contribution in [-0.2, 0) is 9.59 Å². The Labute approximate surface area is 109 Å². The number of piperidine rings is 1. The maximum Gasteiger partial charge on any atom is 0.234 e. The highest BCUT2D eigenvalue weighted by Gasteiger charge is 2.28. The summed E-state index contributed by atoms with van der Waals surface area (Å²) in [5.74, 6) is -0.800. The maximum absolute atomic E-state index is 11.9. The van der Waals surface area contributed by atoms with Crippen molar-refractivity contribution in [3.8, 4) is 0 Å². The van der Waals surface area contributed by atoms with Crippen LogP contribution in [-0.4, -0.2) is 16.8 Å². The number of nitrogens with two attached hydrogens (primary N) is 1. The number of benzene rings is 1. The molecule has 2 aromatic rings. The Morgan fingerprint density at radius 1 is 1.32 bits per heavy atom. The molecule has 1 aliphatic heterocycles. The van der Waals surface area contributed by atoms with Crippen LogP contribution in [0.25, 0.3) is 10.9 Å². The molecule has 1 aromatic heterocycles. The third kappa shape index (κ3) is 2.03. The molecule has 0 bridgehead atoms. The molecule has 2 heterocycles. The van der Waals surface area contributed by atoms with Crippen molar-refractivity contribution in [3.05, 3.63) is 36.0 Å². The van der Waals surface area contributed by atoms with Gasteiger partial charge in [0.2, 0.25) is 11.8 Å². The van der Waals surface area contributed by atoms with Crippen molar-refractivity contribution in [3.63, 3.8) is 0 Å². The number of pyridine rings is 1. The molecule has 1 fully saturated rings. The molecular weight excluding hydrogens is 242 g/mol. The lowest BCUT2D eigenvalue weighted by atomic mass is 9.89. The monoisotopic (exact) mass is 255 g/mol. The smallest absolute Gasteiger partial charge is 0.234 e. The van der Waals surface area contributed by atoms with E-state index in [4.69, 9.17) is 5.73 Å². The molecule has 1 aliphatic rings. The second kappa shape index (κ2) is 4.35. The van der Waals surface area contributed by atoms with Gasteiger partial charge < -0.3 is 5.73 Å². The molecule has 1 aromatic carbocycles. The highest BCUT2D eigenvalue weighted by Crippen LogP contribution is 2.30. The second-order valence-electron chi connectivity index (χ2n) is 4.68. The predicted molar refractivity (Wildman–Crippen MR) is 71.3 cm³/mol. The van der Waals surface area contributed by atoms with Gasteiger partial charge in [-0.2, -0.15) is 0 Å². The molecule has 19 heavy (non-hydrogen) atoms. The fourth-order valence-electron chi connectivity index (χ4n) is 2.45. The van der Waals surface area contributed by atoms with Crippen LogP contribution in [0, 0.1) is 0 Å². The zero-order valence-electron chi connectivity index (χ0n) is 10.2. The number of imide groups is 1. The SMILES string of the molecule is Nc1cc(C2CCC(=O)NC2=O)cc2ncccc12. The Balaban J connectivity index is 2.06. The summed E-state index contributed by atoms with van der Waals surface area (Å²) >= 11 is 0. The van der Waals surface area contributed by atoms with E-state index < -0.39 is 0 Å². The van der Waals surface area contributed by atoms with Crippen molar-refractivity contribution in [1.82, 2.24) is 10.3 Å². The first-order chi connectivity index (χ1) is 9.15. The second-order valence-corrected chi connectivity index (χ2v) is 4.68. The summed E-state index contributed by atoms with van der Waals surface area (Å²) < 4.78 is 0. The standard InChI is InChI=1S/C14H13N3O2/c15-11-6-8(7-12-10(11)2-1-5-16-12)9-3-4-13(18)17-14(9)19/h1-2,5-7,9H,3-4,15H2,(H,17,18,19). The summed E-state index contributed by atoms with van der Waals surface area (Å²) in [6.07, 6.45) is 2.56. The van der Waals surface area contributed by atoms with E-state index in [2.05, 4.69) is 10.3 Å². The lowest BCUT2D eigenvalue weighted by molar-refractivity contribution is -0.134. The number of nitrogen functional groups attached to an aromatic ring is 1. The number of fused-ring (bicyclic) bond motifs is 1. The van der Waals surface area contributed by atoms with Crippen molar-refractivity contribution in [2.45, 2.75) is 18.8 Å². The molecule has 0 spiro atoms. The zero-order valence-corrected chi connectivity index (χ0v) is 10.2. The van der Waals surface area contributed by atoms with E-state index >= 15 is 0 Å². The minimum absolute atomic E-state index is 0.215. The summed E-state index contributed by atoms with van der Waals surface area (Å²) in [6, 6.07) is 7.38. The van der Waals surface area contributed by atoms with Crippen LogP contribution in [0.4, 0.5) is 5.69 Å². The molecular formula is C14H13N3O2. The summed E-state index contributed by atoms with van der Waals surface area (Å²) in [5.41, 5.74) is 8.18. The molecule has 0 radical (unpaired) electrons. The van der Waals surface area contributed by atoms with Gasteiger partial charge in [-0.25, -0.2) is 0 Å². The van der Waals surface area contributed by atoms with Gasteiger partial charge in [-0.15, -0.1) is 0 Å². The molecule has 96 valence electrons. The van der Waals surface area contributed by atoms with Crippen molar-refractivity contribution in [2.75, 3.05) is 5.73 Å². The van der Waals surface area contributed by atoms with Crippen LogP contribution in [0.15, 0.2) is 30.5 Å². The molecule has 5 heteroatoms. The molecule has 3 N–H and O–H groups in total. The van der Waals surface area contributed by atoms with Crippen LogP contribution in [0.3, 0.4) is 0 Å². The topological polar surface area (TPSA) is 85.1 Å². The third-order valence-corrected chi connectivity index (χ3v) is 3.42. The van der Waals surface area contributed by atoms with E-state index in [1.165, 1.54) is 0 Å². The fraction of sp³-hybridized carbons (Fsp3) is 0.214. The average Bonchev–Trinajstić information content (AvgIpc) is 2.38. The molecule has 1 saturated heterocycles. The maximum atomic E-state index is 11.9. The van der Waals surface area contributed by atoms with Gasteiger partial charge in [0.05, 0.1) is 11.4 Å². The van der Waals surface area contributed by atoms with Crippen molar-refractivity contribution in [2.24, 2.45) is 0 Å². The highest BCUT2D eigenvalue weighted by atomic mass is 16.2. The summed E-state index contributed by atoms with van der Waals surface area (Å²) in [7, 11) is 0. The minimum Gasteiger partial charge on any atom is -0.398 e. The van der Waals surface area contributed by atoms with Gasteiger partial charge in [0.25, 0.3) is 0 Å². The van der Waals surface area contributed by atoms with E-state index in [-0.39, 0.29) is 17.7 Å². The van der Waals surface area contributed by atoms with Crippen LogP contribution in [0.1, 0.15) is 24.3 Å². The number of nitrogens with zero attached hydrogens (tertiary/aromatic N) is 1. The van der Waals surface area contributed by atoms with Gasteiger partial charge in [0.1, 0.15) is 0 Å². The molecule has 2 amide bonds. The summed E-state index contributed by atoms with van der Waals surface area (Å²) in [4.78, 5) is 27.3. The van der Waals surface area contributed by atoms with E-state index in [9.17, 15) is 9.59 Å². The number of nitrogens with one attached hydrogen (secondary N) is 1. The Morgan fingerprint density at radius 2 is 2.16 bits per heavy atom. The summed E-state index contributed by atoms with van der Waals surface area (Å²) in [6.45, 7) is 0. The van der Waals surface area contributed by atoms with E-state index in [0.29, 0.717) is 18.5 Å². The highest BCUT2D eigenvalue weighted by molar-refractivity contribution is 6.02. The van der Waals surface area contributed by atoms with Gasteiger partial charge >= 0.3 is 0 Å². The molecule has 1 unspecified atom stereocenters. The number of carbonyl (C=O) groups is 2. The lowest BCUT2D eigenvalue weighted by Crippen LogP contribution is -2.39. The van der Waals surface area contributed by atoms with Crippen molar-refractivity contribution >= 4 is 28.4 Å². The molecule has 0 aliphatic carbocycles. The quantitative estimate of drug-likeness (QED) is 0.594. The fourth-order valence-corrected chi connectivity index (χ4v) is 2.45. The van der Waals surface area contributed by atoms with Crippen molar-refractivity contribution < 1.29 is 9.59 Å². The number of aromatic nitrogens is 1. The molecule has 3 rings (SSSR count). The first-order valence-corrected chi connectivity index (χ1v) is 6.13. The van der Waals surface area contributed by atoms with Crippen LogP contribution >= 0.6 is 0 Å². The molecule has 1 atom stereocenters. The average molecular weight is 255 g/mol. The van der Waals surface area contributed by atoms with Crippen LogP contribution in [0.5, 0.6) is 0 Å². The Hall–Kier alpha value is -2.43. The van der Waals surface area contributed by atoms with Gasteiger partial charge in [-0.05, 0) is 36.2 Å². The van der Waals surface area contributed by atoms with Crippen LogP contribution < -0.4 is 11.1 Å². The number of rotatable bonds is 1. The van der Waals surface area contributed by atoms with Crippen LogP contribution in [0.2, 0.25) is 0 Å². The predicted octanol–water partition coefficient (Wildman–Crippen LogP) is 1.34. The van der Waals surface area contributed by atoms with E-state index in [1.807, 2.05) is 18.2 Å². The number of carbonyl (C=O) groups excluding carboxylic acids is 2. The van der Waals surface area contributed by atoms with Gasteiger partial charge in [0.15, 0.2) is 0 Å². The Morgan fingerprint density at radius 3 is 2.95 bits per heavy atom. The number of amides is 2. The number of hydrogen-bond donors (Lipinski definition) is 2. The summed E-state index contributed by atoms with van der Waals surface area (Å²) in [5, 5.41) is 3.23. The Bertz CT molecular complexity index is 681. The zero-order chi connectivity index (χ0) is 13.4. The minimum atomic E-state index is -0.327. The normalized spacial score (nSPS) is 19.5. The number of anilines is 1. The van der Waals surface area contributed by atoms with Gasteiger partial charge in [-0.1, -0.05) is 0 Å². The van der Waals surface area contributed by atoms with E-state index in [0.717, 1.165) is 16.5 Å². The first-order valence-electron chi connectivity index (χ1n) is 6.13. The first kappa shape index (κ1) is 11.6. The Kier molecular flexibility index (Phi) is 2.67. The third-order valence-electron chi connectivity index (χ3n) is 3.42. The number of hydrogen-bond acceptors (Lipinski definition) is 4. The van der Waals surface area contributed by atoms with Crippen molar-refractivity contribution in [1.29, 1.82) is 0 Å². The largest absolute Gasteiger partial charge is 0.398 e. The van der Waals surface area contributed by atoms with Gasteiger partial charge in [-0.3, -0.25) is 19.9 Å². The van der Waals surface area contributed by atoms with E-state index in [1.54, 1.807) is 12.3 Å². The van der Waals surface area contributed by atoms with Gasteiger partial charge in [0, 0.05) is 23.7 Å².